The van der Waals surface area contributed by atoms with E-state index in [0.29, 0.717) is 6.54 Å². The van der Waals surface area contributed by atoms with Crippen molar-refractivity contribution in [2.24, 2.45) is 16.8 Å². The topological polar surface area (TPSA) is 91.0 Å². The van der Waals surface area contributed by atoms with Gasteiger partial charge in [-0.05, 0) is 34.9 Å². The molecule has 0 fully saturated rings. The van der Waals surface area contributed by atoms with Crippen LogP contribution in [-0.2, 0) is 4.79 Å². The van der Waals surface area contributed by atoms with Gasteiger partial charge in [-0.2, -0.15) is 0 Å². The van der Waals surface area contributed by atoms with Crippen molar-refractivity contribution in [2.45, 2.75) is 26.3 Å². The van der Waals surface area contributed by atoms with E-state index in [-0.39, 0.29) is 17.3 Å². The van der Waals surface area contributed by atoms with Gasteiger partial charge in [-0.1, -0.05) is 5.16 Å². The highest BCUT2D eigenvalue weighted by Crippen LogP contribution is 2.08. The number of carbonyl (C=O) groups is 1. The normalized spacial score (nSPS) is 15.0. The van der Waals surface area contributed by atoms with Crippen molar-refractivity contribution in [1.82, 2.24) is 10.2 Å². The lowest BCUT2D eigenvalue weighted by Crippen LogP contribution is -2.50. The molecule has 1 atom stereocenters. The molecule has 1 amide bonds. The van der Waals surface area contributed by atoms with Crippen molar-refractivity contribution in [1.29, 1.82) is 0 Å². The van der Waals surface area contributed by atoms with E-state index < -0.39 is 5.92 Å². The van der Waals surface area contributed by atoms with E-state index in [1.807, 2.05) is 32.8 Å². The lowest BCUT2D eigenvalue weighted by atomic mass is 10.0. The molecular formula is C10H22N4O2. The highest BCUT2D eigenvalue weighted by atomic mass is 16.4. The van der Waals surface area contributed by atoms with Crippen LogP contribution in [0.15, 0.2) is 5.16 Å². The van der Waals surface area contributed by atoms with Crippen LogP contribution in [0.25, 0.3) is 0 Å². The first-order chi connectivity index (χ1) is 7.22. The minimum absolute atomic E-state index is 0.0832. The minimum atomic E-state index is -0.622. The SMILES string of the molecule is CC(C(=O)NCC(C)(C)N(C)C)C(N)=NO. The molecule has 0 rings (SSSR count). The van der Waals surface area contributed by atoms with Gasteiger partial charge in [0.1, 0.15) is 0 Å². The number of hydrogen-bond acceptors (Lipinski definition) is 4. The van der Waals surface area contributed by atoms with Crippen LogP contribution in [0.1, 0.15) is 20.8 Å². The Bertz CT molecular complexity index is 274. The van der Waals surface area contributed by atoms with Gasteiger partial charge in [-0.3, -0.25) is 4.79 Å². The number of hydrogen-bond donors (Lipinski definition) is 3. The first-order valence-corrected chi connectivity index (χ1v) is 5.15. The summed E-state index contributed by atoms with van der Waals surface area (Å²) in [7, 11) is 3.89. The van der Waals surface area contributed by atoms with E-state index in [2.05, 4.69) is 10.5 Å². The average molecular weight is 230 g/mol. The lowest BCUT2D eigenvalue weighted by molar-refractivity contribution is -0.123. The summed E-state index contributed by atoms with van der Waals surface area (Å²) in [6, 6.07) is 0. The molecule has 4 N–H and O–H groups in total. The van der Waals surface area contributed by atoms with Crippen LogP contribution in [-0.4, -0.2) is 48.0 Å². The van der Waals surface area contributed by atoms with E-state index in [9.17, 15) is 4.79 Å². The largest absolute Gasteiger partial charge is 0.409 e. The van der Waals surface area contributed by atoms with E-state index >= 15 is 0 Å². The quantitative estimate of drug-likeness (QED) is 0.264. The number of amides is 1. The molecule has 16 heavy (non-hydrogen) atoms. The van der Waals surface area contributed by atoms with Crippen molar-refractivity contribution in [3.05, 3.63) is 0 Å². The summed E-state index contributed by atoms with van der Waals surface area (Å²) in [5, 5.41) is 14.0. The summed E-state index contributed by atoms with van der Waals surface area (Å²) in [6.45, 7) is 6.12. The summed E-state index contributed by atoms with van der Waals surface area (Å²) in [5.74, 6) is -0.951. The fourth-order valence-corrected chi connectivity index (χ4v) is 0.836. The van der Waals surface area contributed by atoms with Gasteiger partial charge >= 0.3 is 0 Å². The van der Waals surface area contributed by atoms with Crippen LogP contribution in [0.2, 0.25) is 0 Å². The molecular weight excluding hydrogens is 208 g/mol. The standard InChI is InChI=1S/C10H22N4O2/c1-7(8(11)13-16)9(15)12-6-10(2,3)14(4)5/h7,16H,6H2,1-5H3,(H2,11,13)(H,12,15). The van der Waals surface area contributed by atoms with Gasteiger partial charge in [0.2, 0.25) is 5.91 Å². The van der Waals surface area contributed by atoms with Crippen molar-refractivity contribution < 1.29 is 10.0 Å². The molecule has 0 saturated heterocycles. The second-order valence-corrected chi connectivity index (χ2v) is 4.67. The molecule has 0 heterocycles. The van der Waals surface area contributed by atoms with Gasteiger partial charge in [-0.25, -0.2) is 0 Å². The number of nitrogens with zero attached hydrogens (tertiary/aromatic N) is 2. The molecule has 0 aromatic rings. The third kappa shape index (κ3) is 4.06. The Balaban J connectivity index is 4.28. The second-order valence-electron chi connectivity index (χ2n) is 4.67. The van der Waals surface area contributed by atoms with Crippen LogP contribution in [0, 0.1) is 5.92 Å². The van der Waals surface area contributed by atoms with Crippen LogP contribution < -0.4 is 11.1 Å². The monoisotopic (exact) mass is 230 g/mol. The molecule has 6 heteroatoms. The molecule has 0 aromatic heterocycles. The molecule has 0 radical (unpaired) electrons. The smallest absolute Gasteiger partial charge is 0.230 e. The molecule has 0 aliphatic heterocycles. The van der Waals surface area contributed by atoms with Gasteiger partial charge in [-0.15, -0.1) is 0 Å². The van der Waals surface area contributed by atoms with E-state index in [4.69, 9.17) is 10.9 Å². The molecule has 0 aromatic carbocycles. The third-order valence-corrected chi connectivity index (χ3v) is 2.86. The zero-order chi connectivity index (χ0) is 12.9. The molecule has 0 aliphatic rings. The molecule has 0 aliphatic carbocycles. The first kappa shape index (κ1) is 14.7. The fraction of sp³-hybridized carbons (Fsp3) is 0.800. The molecule has 0 spiro atoms. The highest BCUT2D eigenvalue weighted by molar-refractivity contribution is 6.01. The second kappa shape index (κ2) is 5.69. The number of oxime groups is 1. The molecule has 0 bridgehead atoms. The number of rotatable bonds is 5. The van der Waals surface area contributed by atoms with Gasteiger partial charge in [0.25, 0.3) is 0 Å². The third-order valence-electron chi connectivity index (χ3n) is 2.86. The Morgan fingerprint density at radius 3 is 2.44 bits per heavy atom. The number of amidine groups is 1. The number of nitrogens with one attached hydrogen (secondary N) is 1. The maximum atomic E-state index is 11.6. The van der Waals surface area contributed by atoms with Crippen molar-refractivity contribution in [3.63, 3.8) is 0 Å². The van der Waals surface area contributed by atoms with Gasteiger partial charge < -0.3 is 21.2 Å². The summed E-state index contributed by atoms with van der Waals surface area (Å²) in [5.41, 5.74) is 5.21. The summed E-state index contributed by atoms with van der Waals surface area (Å²) in [6.07, 6.45) is 0. The molecule has 1 unspecified atom stereocenters. The van der Waals surface area contributed by atoms with Crippen molar-refractivity contribution in [2.75, 3.05) is 20.6 Å². The van der Waals surface area contributed by atoms with Crippen molar-refractivity contribution in [3.8, 4) is 0 Å². The highest BCUT2D eigenvalue weighted by Gasteiger charge is 2.23. The van der Waals surface area contributed by atoms with Gasteiger partial charge in [0.05, 0.1) is 5.92 Å². The Kier molecular flexibility index (Phi) is 5.23. The Hall–Kier alpha value is -1.30. The maximum Gasteiger partial charge on any atom is 0.230 e. The average Bonchev–Trinajstić information content (AvgIpc) is 2.23. The summed E-state index contributed by atoms with van der Waals surface area (Å²) in [4.78, 5) is 13.6. The van der Waals surface area contributed by atoms with Crippen LogP contribution in [0.5, 0.6) is 0 Å². The molecule has 6 nitrogen and oxygen atoms in total. The minimum Gasteiger partial charge on any atom is -0.409 e. The molecule has 94 valence electrons. The number of likely N-dealkylation sites (N-methyl/N-ethyl adjacent to an activating group) is 1. The lowest BCUT2D eigenvalue weighted by Gasteiger charge is -2.32. The predicted molar refractivity (Wildman–Crippen MR) is 63.3 cm³/mol. The van der Waals surface area contributed by atoms with Gasteiger partial charge in [0, 0.05) is 12.1 Å². The van der Waals surface area contributed by atoms with E-state index in [1.54, 1.807) is 6.92 Å². The number of nitrogens with two attached hydrogens (primary N) is 1. The fourth-order valence-electron chi connectivity index (χ4n) is 0.836. The molecule has 0 saturated carbocycles. The Morgan fingerprint density at radius 2 is 2.06 bits per heavy atom. The maximum absolute atomic E-state index is 11.6. The van der Waals surface area contributed by atoms with Gasteiger partial charge in [0.15, 0.2) is 5.84 Å². The zero-order valence-electron chi connectivity index (χ0n) is 10.6. The Morgan fingerprint density at radius 1 is 1.56 bits per heavy atom. The van der Waals surface area contributed by atoms with E-state index in [1.165, 1.54) is 0 Å². The first-order valence-electron chi connectivity index (χ1n) is 5.15. The van der Waals surface area contributed by atoms with Crippen LogP contribution in [0.4, 0.5) is 0 Å². The summed E-state index contributed by atoms with van der Waals surface area (Å²) >= 11 is 0. The Labute approximate surface area is 96.5 Å². The van der Waals surface area contributed by atoms with Crippen LogP contribution in [0.3, 0.4) is 0 Å². The number of carbonyl (C=O) groups excluding carboxylic acids is 1. The zero-order valence-corrected chi connectivity index (χ0v) is 10.6. The van der Waals surface area contributed by atoms with E-state index in [0.717, 1.165) is 0 Å². The van der Waals surface area contributed by atoms with Crippen molar-refractivity contribution >= 4 is 11.7 Å². The summed E-state index contributed by atoms with van der Waals surface area (Å²) < 4.78 is 0. The van der Waals surface area contributed by atoms with Crippen LogP contribution >= 0.6 is 0 Å². The predicted octanol–water partition coefficient (Wildman–Crippen LogP) is -0.175.